The fourth-order valence-electron chi connectivity index (χ4n) is 4.69. The molecule has 30 heavy (non-hydrogen) atoms. The van der Waals surface area contributed by atoms with Gasteiger partial charge in [-0.05, 0) is 60.7 Å². The van der Waals surface area contributed by atoms with Crippen LogP contribution in [0.2, 0.25) is 0 Å². The van der Waals surface area contributed by atoms with Crippen molar-refractivity contribution in [2.45, 2.75) is 32.7 Å². The Balaban J connectivity index is 1.40. The Bertz CT molecular complexity index is 1180. The van der Waals surface area contributed by atoms with Crippen LogP contribution in [0.15, 0.2) is 66.7 Å². The Hall–Kier alpha value is -3.04. The zero-order chi connectivity index (χ0) is 20.5. The molecule has 3 aromatic carbocycles. The molecule has 1 aliphatic heterocycles. The van der Waals surface area contributed by atoms with Crippen molar-refractivity contribution in [1.29, 1.82) is 0 Å². The first-order valence-electron chi connectivity index (χ1n) is 10.8. The predicted octanol–water partition coefficient (Wildman–Crippen LogP) is 5.64. The molecule has 152 valence electrons. The molecular formula is C27H28N2O. The highest BCUT2D eigenvalue weighted by molar-refractivity contribution is 5.88. The van der Waals surface area contributed by atoms with Crippen LogP contribution in [0.3, 0.4) is 0 Å². The lowest BCUT2D eigenvalue weighted by Crippen LogP contribution is -2.30. The summed E-state index contributed by atoms with van der Waals surface area (Å²) in [4.78, 5) is 3.74. The van der Waals surface area contributed by atoms with Gasteiger partial charge in [0.15, 0.2) is 0 Å². The molecule has 3 nitrogen and oxygen atoms in total. The van der Waals surface area contributed by atoms with Crippen LogP contribution >= 0.6 is 0 Å². The summed E-state index contributed by atoms with van der Waals surface area (Å²) in [6.45, 7) is 6.04. The normalized spacial score (nSPS) is 15.9. The zero-order valence-electron chi connectivity index (χ0n) is 17.7. The molecule has 1 unspecified atom stereocenters. The zero-order valence-corrected chi connectivity index (χ0v) is 17.7. The Morgan fingerprint density at radius 2 is 1.83 bits per heavy atom. The van der Waals surface area contributed by atoms with Crippen molar-refractivity contribution in [2.75, 3.05) is 13.2 Å². The first-order chi connectivity index (χ1) is 14.7. The van der Waals surface area contributed by atoms with Gasteiger partial charge in [0.05, 0.1) is 12.6 Å². The first kappa shape index (κ1) is 19.0. The highest BCUT2D eigenvalue weighted by atomic mass is 16.5. The van der Waals surface area contributed by atoms with Crippen LogP contribution < -0.4 is 10.1 Å². The average molecular weight is 397 g/mol. The first-order valence-corrected chi connectivity index (χ1v) is 10.8. The lowest BCUT2D eigenvalue weighted by atomic mass is 9.93. The van der Waals surface area contributed by atoms with Crippen LogP contribution in [0.1, 0.15) is 39.6 Å². The molecule has 3 heteroatoms. The van der Waals surface area contributed by atoms with Crippen molar-refractivity contribution in [1.82, 2.24) is 10.3 Å². The Labute approximate surface area is 178 Å². The van der Waals surface area contributed by atoms with Crippen LogP contribution in [0.5, 0.6) is 5.75 Å². The molecule has 2 N–H and O–H groups in total. The second-order valence-corrected chi connectivity index (χ2v) is 8.32. The molecule has 2 heterocycles. The minimum atomic E-state index is 0.165. The summed E-state index contributed by atoms with van der Waals surface area (Å²) < 4.78 is 6.09. The van der Waals surface area contributed by atoms with Gasteiger partial charge in [-0.1, -0.05) is 54.1 Å². The smallest absolute Gasteiger partial charge is 0.119 e. The highest BCUT2D eigenvalue weighted by Gasteiger charge is 2.26. The third kappa shape index (κ3) is 3.61. The third-order valence-electron chi connectivity index (χ3n) is 6.10. The van der Waals surface area contributed by atoms with E-state index >= 15 is 0 Å². The van der Waals surface area contributed by atoms with Gasteiger partial charge in [-0.25, -0.2) is 0 Å². The standard InChI is InChI=1S/C27H28N2O/c1-18-15-19(2)25-24(16-18)23-11-13-28-26(27(23)29-25)21-9-6-10-22(17-21)30-14-12-20-7-4-3-5-8-20/h3-10,15-17,26,28-29H,11-14H2,1-2H3. The quantitative estimate of drug-likeness (QED) is 0.458. The molecule has 4 aromatic rings. The maximum Gasteiger partial charge on any atom is 0.119 e. The molecule has 0 spiro atoms. The number of H-pyrrole nitrogens is 1. The van der Waals surface area contributed by atoms with Gasteiger partial charge >= 0.3 is 0 Å². The van der Waals surface area contributed by atoms with E-state index in [1.807, 2.05) is 6.07 Å². The topological polar surface area (TPSA) is 37.0 Å². The molecule has 0 aliphatic carbocycles. The summed E-state index contributed by atoms with van der Waals surface area (Å²) in [6.07, 6.45) is 1.97. The van der Waals surface area contributed by atoms with Crippen LogP contribution in [0, 0.1) is 13.8 Å². The summed E-state index contributed by atoms with van der Waals surface area (Å²) in [5.74, 6) is 0.931. The van der Waals surface area contributed by atoms with E-state index in [1.165, 1.54) is 44.4 Å². The van der Waals surface area contributed by atoms with Gasteiger partial charge in [0.1, 0.15) is 5.75 Å². The highest BCUT2D eigenvalue weighted by Crippen LogP contribution is 2.36. The molecule has 0 radical (unpaired) electrons. The van der Waals surface area contributed by atoms with Gasteiger partial charge in [0.25, 0.3) is 0 Å². The maximum absolute atomic E-state index is 6.09. The molecule has 1 aromatic heterocycles. The van der Waals surface area contributed by atoms with Crippen molar-refractivity contribution in [3.63, 3.8) is 0 Å². The molecule has 0 amide bonds. The van der Waals surface area contributed by atoms with E-state index in [0.29, 0.717) is 6.61 Å². The van der Waals surface area contributed by atoms with Crippen LogP contribution in [-0.2, 0) is 12.8 Å². The number of nitrogens with one attached hydrogen (secondary N) is 2. The van der Waals surface area contributed by atoms with Gasteiger partial charge < -0.3 is 15.0 Å². The molecule has 0 bridgehead atoms. The van der Waals surface area contributed by atoms with Gasteiger partial charge in [0.2, 0.25) is 0 Å². The van der Waals surface area contributed by atoms with Crippen molar-refractivity contribution < 1.29 is 4.74 Å². The molecule has 0 saturated heterocycles. The molecule has 1 aliphatic rings. The van der Waals surface area contributed by atoms with E-state index in [0.717, 1.165) is 25.1 Å². The van der Waals surface area contributed by atoms with Crippen LogP contribution in [-0.4, -0.2) is 18.1 Å². The predicted molar refractivity (Wildman–Crippen MR) is 123 cm³/mol. The number of hydrogen-bond donors (Lipinski definition) is 2. The second kappa shape index (κ2) is 8.00. The van der Waals surface area contributed by atoms with Gasteiger partial charge in [-0.3, -0.25) is 0 Å². The number of aromatic nitrogens is 1. The number of fused-ring (bicyclic) bond motifs is 3. The molecular weight excluding hydrogens is 368 g/mol. The number of hydrogen-bond acceptors (Lipinski definition) is 2. The molecule has 5 rings (SSSR count). The fourth-order valence-corrected chi connectivity index (χ4v) is 4.69. The summed E-state index contributed by atoms with van der Waals surface area (Å²) in [5, 5.41) is 5.09. The minimum Gasteiger partial charge on any atom is -0.493 e. The summed E-state index contributed by atoms with van der Waals surface area (Å²) >= 11 is 0. The second-order valence-electron chi connectivity index (χ2n) is 8.32. The summed E-state index contributed by atoms with van der Waals surface area (Å²) in [6, 6.07) is 23.8. The van der Waals surface area contributed by atoms with E-state index in [9.17, 15) is 0 Å². The number of ether oxygens (including phenoxy) is 1. The van der Waals surface area contributed by atoms with E-state index in [-0.39, 0.29) is 6.04 Å². The van der Waals surface area contributed by atoms with Gasteiger partial charge in [-0.15, -0.1) is 0 Å². The summed E-state index contributed by atoms with van der Waals surface area (Å²) in [5.41, 5.74) is 9.21. The Kier molecular flexibility index (Phi) is 5.06. The van der Waals surface area contributed by atoms with Crippen LogP contribution in [0.4, 0.5) is 0 Å². The minimum absolute atomic E-state index is 0.165. The molecule has 0 fully saturated rings. The number of benzene rings is 3. The molecule has 1 atom stereocenters. The third-order valence-corrected chi connectivity index (χ3v) is 6.10. The summed E-state index contributed by atoms with van der Waals surface area (Å²) in [7, 11) is 0. The van der Waals surface area contributed by atoms with Crippen molar-refractivity contribution in [3.8, 4) is 5.75 Å². The largest absolute Gasteiger partial charge is 0.493 e. The van der Waals surface area contributed by atoms with E-state index in [1.54, 1.807) is 0 Å². The lowest BCUT2D eigenvalue weighted by molar-refractivity contribution is 0.321. The average Bonchev–Trinajstić information content (AvgIpc) is 3.14. The Morgan fingerprint density at radius 1 is 0.967 bits per heavy atom. The molecule has 0 saturated carbocycles. The monoisotopic (exact) mass is 396 g/mol. The van der Waals surface area contributed by atoms with Crippen molar-refractivity contribution in [3.05, 3.63) is 100 Å². The Morgan fingerprint density at radius 3 is 2.70 bits per heavy atom. The van der Waals surface area contributed by atoms with Crippen LogP contribution in [0.25, 0.3) is 10.9 Å². The van der Waals surface area contributed by atoms with Gasteiger partial charge in [0, 0.05) is 29.6 Å². The maximum atomic E-state index is 6.09. The van der Waals surface area contributed by atoms with Crippen molar-refractivity contribution in [2.24, 2.45) is 0 Å². The van der Waals surface area contributed by atoms with E-state index in [4.69, 9.17) is 4.74 Å². The SMILES string of the molecule is Cc1cc(C)c2[nH]c3c(c2c1)CCNC3c1cccc(OCCc2ccccc2)c1. The van der Waals surface area contributed by atoms with Crippen molar-refractivity contribution >= 4 is 10.9 Å². The number of rotatable bonds is 5. The van der Waals surface area contributed by atoms with E-state index in [2.05, 4.69) is 84.8 Å². The van der Waals surface area contributed by atoms with E-state index < -0.39 is 0 Å². The fraction of sp³-hybridized carbons (Fsp3) is 0.259. The number of aromatic amines is 1. The van der Waals surface area contributed by atoms with Gasteiger partial charge in [-0.2, -0.15) is 0 Å². The number of aryl methyl sites for hydroxylation is 2. The lowest BCUT2D eigenvalue weighted by Gasteiger charge is -2.25.